The molecule has 0 saturated carbocycles. The Morgan fingerprint density at radius 1 is 0.889 bits per heavy atom. The maximum atomic E-state index is 12.3. The van der Waals surface area contributed by atoms with Crippen molar-refractivity contribution in [1.29, 1.82) is 0 Å². The van der Waals surface area contributed by atoms with Gasteiger partial charge in [-0.05, 0) is 73.6 Å². The second-order valence-corrected chi connectivity index (χ2v) is 6.76. The fraction of sp³-hybridized carbons (Fsp3) is 0.333. The van der Waals surface area contributed by atoms with E-state index in [1.54, 1.807) is 24.3 Å². The summed E-state index contributed by atoms with van der Waals surface area (Å²) in [5, 5.41) is 25.0. The highest BCUT2D eigenvalue weighted by Gasteiger charge is 2.17. The molecule has 0 unspecified atom stereocenters. The minimum atomic E-state index is -0.305. The van der Waals surface area contributed by atoms with Crippen LogP contribution in [0.4, 0.5) is 0 Å². The Hall–Kier alpha value is -3.02. The van der Waals surface area contributed by atoms with Crippen LogP contribution in [0.15, 0.2) is 36.4 Å². The number of aromatic hydroxyl groups is 2. The summed E-state index contributed by atoms with van der Waals surface area (Å²) in [4.78, 5) is 24.3. The van der Waals surface area contributed by atoms with Crippen LogP contribution < -0.4 is 10.6 Å². The molecular formula is C21H24N2O4. The predicted molar refractivity (Wildman–Crippen MR) is 102 cm³/mol. The number of phenolic OH excluding ortho intramolecular Hbond substituents is 2. The Morgan fingerprint density at radius 3 is 2.26 bits per heavy atom. The van der Waals surface area contributed by atoms with Crippen LogP contribution in [-0.2, 0) is 12.8 Å². The van der Waals surface area contributed by atoms with E-state index in [0.717, 1.165) is 36.8 Å². The number of carbonyl (C=O) groups excluding carboxylic acids is 2. The van der Waals surface area contributed by atoms with E-state index in [2.05, 4.69) is 10.6 Å². The third-order valence-corrected chi connectivity index (χ3v) is 4.74. The van der Waals surface area contributed by atoms with Gasteiger partial charge in [-0.1, -0.05) is 6.07 Å². The lowest BCUT2D eigenvalue weighted by Crippen LogP contribution is -2.30. The summed E-state index contributed by atoms with van der Waals surface area (Å²) < 4.78 is 0. The van der Waals surface area contributed by atoms with Crippen LogP contribution in [0.3, 0.4) is 0 Å². The van der Waals surface area contributed by atoms with Crippen LogP contribution in [0, 0.1) is 0 Å². The number of amides is 2. The minimum absolute atomic E-state index is 0.0188. The molecule has 1 aliphatic carbocycles. The molecule has 6 nitrogen and oxygen atoms in total. The number of carbonyl (C=O) groups is 2. The van der Waals surface area contributed by atoms with Gasteiger partial charge in [0.05, 0.1) is 5.56 Å². The first-order valence-corrected chi connectivity index (χ1v) is 9.25. The van der Waals surface area contributed by atoms with Crippen LogP contribution in [0.1, 0.15) is 51.1 Å². The molecule has 0 radical (unpaired) electrons. The van der Waals surface area contributed by atoms with E-state index in [1.165, 1.54) is 12.1 Å². The summed E-state index contributed by atoms with van der Waals surface area (Å²) in [7, 11) is 0. The van der Waals surface area contributed by atoms with Gasteiger partial charge in [-0.15, -0.1) is 0 Å². The molecule has 0 fully saturated rings. The fourth-order valence-corrected chi connectivity index (χ4v) is 3.29. The Kier molecular flexibility index (Phi) is 5.96. The standard InChI is InChI=1S/C21H24N2O4/c24-17-8-3-7-16(11-17)20(26)22-9-4-10-23-21(27)18-12-14-5-1-2-6-15(14)13-19(18)25/h3,7-8,11-13,24-25H,1-2,4-6,9-10H2,(H,22,26)(H,23,27). The van der Waals surface area contributed by atoms with Crippen LogP contribution in [0.25, 0.3) is 0 Å². The number of hydrogen-bond acceptors (Lipinski definition) is 4. The topological polar surface area (TPSA) is 98.7 Å². The van der Waals surface area contributed by atoms with Gasteiger partial charge in [0.15, 0.2) is 0 Å². The molecule has 0 saturated heterocycles. The normalized spacial score (nSPS) is 12.9. The second-order valence-electron chi connectivity index (χ2n) is 6.76. The monoisotopic (exact) mass is 368 g/mol. The van der Waals surface area contributed by atoms with Gasteiger partial charge in [0.2, 0.25) is 0 Å². The first-order chi connectivity index (χ1) is 13.0. The third kappa shape index (κ3) is 4.78. The first-order valence-electron chi connectivity index (χ1n) is 9.25. The van der Waals surface area contributed by atoms with Gasteiger partial charge < -0.3 is 20.8 Å². The Balaban J connectivity index is 1.45. The highest BCUT2D eigenvalue weighted by Crippen LogP contribution is 2.28. The van der Waals surface area contributed by atoms with Gasteiger partial charge in [-0.25, -0.2) is 0 Å². The van der Waals surface area contributed by atoms with E-state index in [-0.39, 0.29) is 23.3 Å². The summed E-state index contributed by atoms with van der Waals surface area (Å²) in [6, 6.07) is 9.63. The smallest absolute Gasteiger partial charge is 0.255 e. The number of aryl methyl sites for hydroxylation is 2. The van der Waals surface area contributed by atoms with Crippen molar-refractivity contribution < 1.29 is 19.8 Å². The van der Waals surface area contributed by atoms with E-state index in [0.29, 0.717) is 30.6 Å². The van der Waals surface area contributed by atoms with Crippen LogP contribution >= 0.6 is 0 Å². The Morgan fingerprint density at radius 2 is 1.56 bits per heavy atom. The number of rotatable bonds is 6. The molecule has 3 rings (SSSR count). The van der Waals surface area contributed by atoms with E-state index in [1.807, 2.05) is 0 Å². The quantitative estimate of drug-likeness (QED) is 0.589. The Bertz CT molecular complexity index is 848. The molecule has 27 heavy (non-hydrogen) atoms. The van der Waals surface area contributed by atoms with Gasteiger partial charge in [-0.2, -0.15) is 0 Å². The number of phenols is 2. The Labute approximate surface area is 158 Å². The molecule has 142 valence electrons. The second kappa shape index (κ2) is 8.58. The number of hydrogen-bond donors (Lipinski definition) is 4. The third-order valence-electron chi connectivity index (χ3n) is 4.74. The van der Waals surface area contributed by atoms with E-state index in [4.69, 9.17) is 0 Å². The van der Waals surface area contributed by atoms with Crippen LogP contribution in [0.2, 0.25) is 0 Å². The SMILES string of the molecule is O=C(NCCCNC(=O)c1cc2c(cc1O)CCCC2)c1cccc(O)c1. The van der Waals surface area contributed by atoms with Gasteiger partial charge in [0, 0.05) is 18.7 Å². The van der Waals surface area contributed by atoms with Crippen molar-refractivity contribution in [1.82, 2.24) is 10.6 Å². The molecule has 0 atom stereocenters. The summed E-state index contributed by atoms with van der Waals surface area (Å²) in [6.45, 7) is 0.778. The summed E-state index contributed by atoms with van der Waals surface area (Å²) in [5.74, 6) is -0.519. The fourth-order valence-electron chi connectivity index (χ4n) is 3.29. The van der Waals surface area contributed by atoms with E-state index < -0.39 is 0 Å². The molecule has 0 spiro atoms. The molecule has 0 aromatic heterocycles. The highest BCUT2D eigenvalue weighted by molar-refractivity contribution is 5.97. The van der Waals surface area contributed by atoms with Gasteiger partial charge in [-0.3, -0.25) is 9.59 Å². The zero-order chi connectivity index (χ0) is 19.2. The van der Waals surface area contributed by atoms with Crippen LogP contribution in [-0.4, -0.2) is 35.1 Å². The predicted octanol–water partition coefficient (Wildman–Crippen LogP) is 2.53. The summed E-state index contributed by atoms with van der Waals surface area (Å²) in [5.41, 5.74) is 2.96. The molecule has 2 amide bonds. The number of fused-ring (bicyclic) bond motifs is 1. The minimum Gasteiger partial charge on any atom is -0.508 e. The lowest BCUT2D eigenvalue weighted by atomic mass is 9.90. The van der Waals surface area contributed by atoms with Crippen molar-refractivity contribution in [2.45, 2.75) is 32.1 Å². The van der Waals surface area contributed by atoms with Crippen molar-refractivity contribution in [2.75, 3.05) is 13.1 Å². The molecule has 4 N–H and O–H groups in total. The van der Waals surface area contributed by atoms with Crippen molar-refractivity contribution in [3.8, 4) is 11.5 Å². The lowest BCUT2D eigenvalue weighted by Gasteiger charge is -2.17. The molecule has 0 heterocycles. The van der Waals surface area contributed by atoms with Gasteiger partial charge in [0.25, 0.3) is 11.8 Å². The highest BCUT2D eigenvalue weighted by atomic mass is 16.3. The van der Waals surface area contributed by atoms with E-state index >= 15 is 0 Å². The molecule has 2 aromatic rings. The largest absolute Gasteiger partial charge is 0.508 e. The first kappa shape index (κ1) is 18.8. The van der Waals surface area contributed by atoms with Crippen molar-refractivity contribution in [3.63, 3.8) is 0 Å². The summed E-state index contributed by atoms with van der Waals surface area (Å²) in [6.07, 6.45) is 4.67. The molecule has 1 aliphatic rings. The zero-order valence-electron chi connectivity index (χ0n) is 15.1. The van der Waals surface area contributed by atoms with Crippen molar-refractivity contribution in [3.05, 3.63) is 58.7 Å². The maximum Gasteiger partial charge on any atom is 0.255 e. The molecule has 2 aromatic carbocycles. The average Bonchev–Trinajstić information content (AvgIpc) is 2.66. The lowest BCUT2D eigenvalue weighted by molar-refractivity contribution is 0.0950. The summed E-state index contributed by atoms with van der Waals surface area (Å²) >= 11 is 0. The number of nitrogens with one attached hydrogen (secondary N) is 2. The van der Waals surface area contributed by atoms with Crippen molar-refractivity contribution >= 4 is 11.8 Å². The molecular weight excluding hydrogens is 344 g/mol. The van der Waals surface area contributed by atoms with E-state index in [9.17, 15) is 19.8 Å². The molecule has 6 heteroatoms. The maximum absolute atomic E-state index is 12.3. The zero-order valence-corrected chi connectivity index (χ0v) is 15.1. The molecule has 0 aliphatic heterocycles. The van der Waals surface area contributed by atoms with Crippen molar-refractivity contribution in [2.24, 2.45) is 0 Å². The van der Waals surface area contributed by atoms with Gasteiger partial charge in [0.1, 0.15) is 11.5 Å². The van der Waals surface area contributed by atoms with Crippen LogP contribution in [0.5, 0.6) is 11.5 Å². The van der Waals surface area contributed by atoms with Gasteiger partial charge >= 0.3 is 0 Å². The number of benzene rings is 2. The molecule has 0 bridgehead atoms. The average molecular weight is 368 g/mol.